The summed E-state index contributed by atoms with van der Waals surface area (Å²) in [5.41, 5.74) is 1.24. The molecule has 2 aliphatic carbocycles. The van der Waals surface area contributed by atoms with Crippen molar-refractivity contribution in [2.24, 2.45) is 5.41 Å². The second-order valence-electron chi connectivity index (χ2n) is 4.25. The predicted octanol–water partition coefficient (Wildman–Crippen LogP) is 3.02. The van der Waals surface area contributed by atoms with Crippen molar-refractivity contribution in [3.63, 3.8) is 0 Å². The summed E-state index contributed by atoms with van der Waals surface area (Å²) < 4.78 is 0. The molecule has 2 rings (SSSR count). The molecular formula is C12H16O. The maximum atomic E-state index is 11.8. The molecule has 0 N–H and O–H groups in total. The van der Waals surface area contributed by atoms with E-state index >= 15 is 0 Å². The first-order valence-electron chi connectivity index (χ1n) is 5.11. The van der Waals surface area contributed by atoms with Crippen molar-refractivity contribution in [2.75, 3.05) is 0 Å². The molecule has 2 aliphatic rings. The molecule has 0 bridgehead atoms. The zero-order chi connectivity index (χ0) is 9.31. The minimum Gasteiger partial charge on any atom is -0.299 e. The van der Waals surface area contributed by atoms with Gasteiger partial charge in [0.15, 0.2) is 0 Å². The van der Waals surface area contributed by atoms with Crippen molar-refractivity contribution < 1.29 is 4.79 Å². The number of carbonyl (C=O) groups excluding carboxylic acids is 1. The Bertz CT molecular complexity index is 285. The van der Waals surface area contributed by atoms with Crippen LogP contribution in [0.5, 0.6) is 0 Å². The van der Waals surface area contributed by atoms with Gasteiger partial charge < -0.3 is 0 Å². The second kappa shape index (κ2) is 3.13. The van der Waals surface area contributed by atoms with Gasteiger partial charge in [0.2, 0.25) is 0 Å². The van der Waals surface area contributed by atoms with Gasteiger partial charge in [-0.2, -0.15) is 0 Å². The molecule has 1 nitrogen and oxygen atoms in total. The Morgan fingerprint density at radius 1 is 1.31 bits per heavy atom. The molecule has 1 fully saturated rings. The van der Waals surface area contributed by atoms with E-state index in [0.29, 0.717) is 5.78 Å². The van der Waals surface area contributed by atoms with Crippen LogP contribution < -0.4 is 0 Å². The average molecular weight is 176 g/mol. The van der Waals surface area contributed by atoms with Gasteiger partial charge in [-0.3, -0.25) is 4.79 Å². The molecule has 0 amide bonds. The standard InChI is InChI=1S/C12H16O/c1-12-9-4-2-3-6-10(12)7-5-8-11(12)13/h2,4,6H,3,5,7-9H2,1H3. The number of rotatable bonds is 0. The van der Waals surface area contributed by atoms with Crippen molar-refractivity contribution in [1.82, 2.24) is 0 Å². The molecular weight excluding hydrogens is 160 g/mol. The zero-order valence-corrected chi connectivity index (χ0v) is 8.18. The molecule has 13 heavy (non-hydrogen) atoms. The summed E-state index contributed by atoms with van der Waals surface area (Å²) in [4.78, 5) is 11.8. The lowest BCUT2D eigenvalue weighted by molar-refractivity contribution is -0.127. The maximum Gasteiger partial charge on any atom is 0.143 e. The van der Waals surface area contributed by atoms with Crippen LogP contribution in [-0.2, 0) is 4.79 Å². The molecule has 0 aromatic heterocycles. The number of fused-ring (bicyclic) bond motifs is 1. The molecule has 0 spiro atoms. The normalized spacial score (nSPS) is 33.6. The van der Waals surface area contributed by atoms with Gasteiger partial charge in [0.25, 0.3) is 0 Å². The molecule has 0 aliphatic heterocycles. The smallest absolute Gasteiger partial charge is 0.143 e. The molecule has 0 saturated heterocycles. The number of hydrogen-bond donors (Lipinski definition) is 0. The Morgan fingerprint density at radius 3 is 3.00 bits per heavy atom. The van der Waals surface area contributed by atoms with Gasteiger partial charge in [-0.1, -0.05) is 23.8 Å². The van der Waals surface area contributed by atoms with Crippen LogP contribution in [0.3, 0.4) is 0 Å². The number of Topliss-reactive ketones (excluding diaryl/α,β-unsaturated/α-hetero) is 1. The van der Waals surface area contributed by atoms with Crippen LogP contribution in [0.4, 0.5) is 0 Å². The molecule has 1 unspecified atom stereocenters. The maximum absolute atomic E-state index is 11.8. The summed E-state index contributed by atoms with van der Waals surface area (Å²) in [6, 6.07) is 0. The number of hydrogen-bond acceptors (Lipinski definition) is 1. The third kappa shape index (κ3) is 1.37. The zero-order valence-electron chi connectivity index (χ0n) is 8.18. The molecule has 0 radical (unpaired) electrons. The Morgan fingerprint density at radius 2 is 2.15 bits per heavy atom. The topological polar surface area (TPSA) is 17.1 Å². The van der Waals surface area contributed by atoms with Crippen molar-refractivity contribution in [1.29, 1.82) is 0 Å². The van der Waals surface area contributed by atoms with Crippen LogP contribution in [0, 0.1) is 5.41 Å². The van der Waals surface area contributed by atoms with E-state index in [1.807, 2.05) is 0 Å². The van der Waals surface area contributed by atoms with Gasteiger partial charge in [-0.05, 0) is 32.6 Å². The lowest BCUT2D eigenvalue weighted by atomic mass is 9.69. The number of allylic oxidation sites excluding steroid dienone is 4. The first kappa shape index (κ1) is 8.74. The lowest BCUT2D eigenvalue weighted by Gasteiger charge is -2.33. The molecule has 1 saturated carbocycles. The van der Waals surface area contributed by atoms with Gasteiger partial charge in [0.1, 0.15) is 5.78 Å². The predicted molar refractivity (Wildman–Crippen MR) is 53.4 cm³/mol. The van der Waals surface area contributed by atoms with Crippen LogP contribution in [0.1, 0.15) is 39.0 Å². The van der Waals surface area contributed by atoms with Gasteiger partial charge in [-0.25, -0.2) is 0 Å². The van der Waals surface area contributed by atoms with E-state index in [-0.39, 0.29) is 5.41 Å². The highest BCUT2D eigenvalue weighted by Gasteiger charge is 2.38. The third-order valence-corrected chi connectivity index (χ3v) is 3.37. The fourth-order valence-corrected chi connectivity index (χ4v) is 2.37. The van der Waals surface area contributed by atoms with Crippen molar-refractivity contribution >= 4 is 5.78 Å². The van der Waals surface area contributed by atoms with E-state index in [1.165, 1.54) is 5.57 Å². The van der Waals surface area contributed by atoms with E-state index in [1.54, 1.807) is 0 Å². The first-order chi connectivity index (χ1) is 6.23. The minimum atomic E-state index is -0.148. The lowest BCUT2D eigenvalue weighted by Crippen LogP contribution is -2.32. The first-order valence-corrected chi connectivity index (χ1v) is 5.11. The average Bonchev–Trinajstić information content (AvgIpc) is 2.29. The summed E-state index contributed by atoms with van der Waals surface area (Å²) in [6.07, 6.45) is 11.5. The molecule has 1 heteroatoms. The van der Waals surface area contributed by atoms with Crippen molar-refractivity contribution in [2.45, 2.75) is 39.0 Å². The highest BCUT2D eigenvalue weighted by molar-refractivity contribution is 5.88. The minimum absolute atomic E-state index is 0.148. The fraction of sp³-hybridized carbons (Fsp3) is 0.583. The highest BCUT2D eigenvalue weighted by Crippen LogP contribution is 2.42. The Labute approximate surface area is 79.5 Å². The van der Waals surface area contributed by atoms with E-state index in [9.17, 15) is 4.79 Å². The highest BCUT2D eigenvalue weighted by atomic mass is 16.1. The summed E-state index contributed by atoms with van der Waals surface area (Å²) in [6.45, 7) is 2.11. The van der Waals surface area contributed by atoms with E-state index in [4.69, 9.17) is 0 Å². The SMILES string of the molecule is CC12CC=CCC=C1CCCC2=O. The van der Waals surface area contributed by atoms with Crippen LogP contribution in [-0.4, -0.2) is 5.78 Å². The molecule has 70 valence electrons. The van der Waals surface area contributed by atoms with Gasteiger partial charge in [-0.15, -0.1) is 0 Å². The summed E-state index contributed by atoms with van der Waals surface area (Å²) in [5, 5.41) is 0. The third-order valence-electron chi connectivity index (χ3n) is 3.37. The second-order valence-corrected chi connectivity index (χ2v) is 4.25. The van der Waals surface area contributed by atoms with Crippen molar-refractivity contribution in [3.05, 3.63) is 23.8 Å². The molecule has 0 aromatic carbocycles. The summed E-state index contributed by atoms with van der Waals surface area (Å²) >= 11 is 0. The van der Waals surface area contributed by atoms with E-state index < -0.39 is 0 Å². The summed E-state index contributed by atoms with van der Waals surface area (Å²) in [5.74, 6) is 0.441. The Kier molecular flexibility index (Phi) is 2.10. The van der Waals surface area contributed by atoms with Gasteiger partial charge in [0.05, 0.1) is 5.41 Å². The van der Waals surface area contributed by atoms with Crippen molar-refractivity contribution in [3.8, 4) is 0 Å². The Hall–Kier alpha value is -0.850. The largest absolute Gasteiger partial charge is 0.299 e. The van der Waals surface area contributed by atoms with E-state index in [0.717, 1.165) is 32.1 Å². The van der Waals surface area contributed by atoms with Crippen LogP contribution in [0.2, 0.25) is 0 Å². The summed E-state index contributed by atoms with van der Waals surface area (Å²) in [7, 11) is 0. The quantitative estimate of drug-likeness (QED) is 0.518. The van der Waals surface area contributed by atoms with Gasteiger partial charge in [0, 0.05) is 6.42 Å². The van der Waals surface area contributed by atoms with Crippen LogP contribution >= 0.6 is 0 Å². The monoisotopic (exact) mass is 176 g/mol. The van der Waals surface area contributed by atoms with Crippen LogP contribution in [0.25, 0.3) is 0 Å². The van der Waals surface area contributed by atoms with Gasteiger partial charge >= 0.3 is 0 Å². The van der Waals surface area contributed by atoms with E-state index in [2.05, 4.69) is 25.2 Å². The Balaban J connectivity index is 2.37. The van der Waals surface area contributed by atoms with Crippen LogP contribution in [0.15, 0.2) is 23.8 Å². The number of carbonyl (C=O) groups is 1. The molecule has 0 heterocycles. The number of ketones is 1. The molecule has 1 atom stereocenters. The molecule has 0 aromatic rings. The fourth-order valence-electron chi connectivity index (χ4n) is 2.37.